The first-order valence-electron chi connectivity index (χ1n) is 7.10. The van der Waals surface area contributed by atoms with Gasteiger partial charge in [0.25, 0.3) is 5.91 Å². The molecule has 0 aliphatic rings. The number of hydrogen-bond donors (Lipinski definition) is 2. The normalized spacial score (nSPS) is 11.8. The van der Waals surface area contributed by atoms with E-state index in [0.717, 1.165) is 5.56 Å². The van der Waals surface area contributed by atoms with Gasteiger partial charge in [-0.25, -0.2) is 0 Å². The Morgan fingerprint density at radius 1 is 1.35 bits per heavy atom. The SMILES string of the molecule is COc1ccc(-c2[nH]ncc2C(=O)N(C)C[C@H](C)C(=O)O)cc1. The lowest BCUT2D eigenvalue weighted by Gasteiger charge is -2.19. The minimum Gasteiger partial charge on any atom is -0.497 e. The van der Waals surface area contributed by atoms with Gasteiger partial charge in [0.15, 0.2) is 0 Å². The quantitative estimate of drug-likeness (QED) is 0.848. The van der Waals surface area contributed by atoms with Crippen LogP contribution in [0.1, 0.15) is 17.3 Å². The van der Waals surface area contributed by atoms with Gasteiger partial charge in [-0.05, 0) is 24.3 Å². The molecule has 0 unspecified atom stereocenters. The van der Waals surface area contributed by atoms with Crippen LogP contribution in [0.4, 0.5) is 0 Å². The molecule has 0 spiro atoms. The Hall–Kier alpha value is -2.83. The van der Waals surface area contributed by atoms with E-state index >= 15 is 0 Å². The number of aromatic amines is 1. The summed E-state index contributed by atoms with van der Waals surface area (Å²) in [6.07, 6.45) is 1.45. The highest BCUT2D eigenvalue weighted by molar-refractivity contribution is 5.99. The maximum atomic E-state index is 12.5. The van der Waals surface area contributed by atoms with Crippen LogP contribution in [0.25, 0.3) is 11.3 Å². The molecule has 0 aliphatic carbocycles. The number of nitrogens with one attached hydrogen (secondary N) is 1. The van der Waals surface area contributed by atoms with Crippen molar-refractivity contribution < 1.29 is 19.4 Å². The summed E-state index contributed by atoms with van der Waals surface area (Å²) in [5.74, 6) is -1.14. The Kier molecular flexibility index (Phi) is 5.00. The van der Waals surface area contributed by atoms with Gasteiger partial charge in [0.1, 0.15) is 5.75 Å². The first-order chi connectivity index (χ1) is 10.9. The predicted octanol–water partition coefficient (Wildman–Crippen LogP) is 1.88. The summed E-state index contributed by atoms with van der Waals surface area (Å²) in [4.78, 5) is 24.8. The average Bonchev–Trinajstić information content (AvgIpc) is 3.03. The third kappa shape index (κ3) is 3.68. The summed E-state index contributed by atoms with van der Waals surface area (Å²) in [5, 5.41) is 15.7. The van der Waals surface area contributed by atoms with Gasteiger partial charge in [-0.1, -0.05) is 6.92 Å². The smallest absolute Gasteiger partial charge is 0.308 e. The minimum absolute atomic E-state index is 0.126. The number of aromatic nitrogens is 2. The lowest BCUT2D eigenvalue weighted by molar-refractivity contribution is -0.141. The highest BCUT2D eigenvalue weighted by Gasteiger charge is 2.22. The third-order valence-corrected chi connectivity index (χ3v) is 3.56. The number of carboxylic acid groups (broad SMARTS) is 1. The van der Waals surface area contributed by atoms with Gasteiger partial charge in [-0.15, -0.1) is 0 Å². The van der Waals surface area contributed by atoms with Gasteiger partial charge in [0.05, 0.1) is 30.5 Å². The second-order valence-corrected chi connectivity index (χ2v) is 5.31. The van der Waals surface area contributed by atoms with Gasteiger partial charge in [0, 0.05) is 19.2 Å². The first-order valence-corrected chi connectivity index (χ1v) is 7.10. The van der Waals surface area contributed by atoms with Crippen LogP contribution < -0.4 is 4.74 Å². The van der Waals surface area contributed by atoms with Crippen molar-refractivity contribution in [1.29, 1.82) is 0 Å². The van der Waals surface area contributed by atoms with Gasteiger partial charge in [0.2, 0.25) is 0 Å². The number of methoxy groups -OCH3 is 1. The number of hydrogen-bond acceptors (Lipinski definition) is 4. The standard InChI is InChI=1S/C16H19N3O4/c1-10(16(21)22)9-19(2)15(20)13-8-17-18-14(13)11-4-6-12(23-3)7-5-11/h4-8,10H,9H2,1-3H3,(H,17,18)(H,21,22)/t10-/m0/s1. The van der Waals surface area contributed by atoms with E-state index in [1.54, 1.807) is 33.2 Å². The molecule has 1 aromatic carbocycles. The number of carbonyl (C=O) groups excluding carboxylic acids is 1. The fourth-order valence-corrected chi connectivity index (χ4v) is 2.20. The zero-order chi connectivity index (χ0) is 17.0. The third-order valence-electron chi connectivity index (χ3n) is 3.56. The Labute approximate surface area is 133 Å². The van der Waals surface area contributed by atoms with Crippen LogP contribution >= 0.6 is 0 Å². The largest absolute Gasteiger partial charge is 0.497 e. The van der Waals surface area contributed by atoms with Crippen molar-refractivity contribution in [1.82, 2.24) is 15.1 Å². The van der Waals surface area contributed by atoms with Crippen LogP contribution in [0.3, 0.4) is 0 Å². The molecule has 1 heterocycles. The van der Waals surface area contributed by atoms with E-state index < -0.39 is 11.9 Å². The van der Waals surface area contributed by atoms with Crippen molar-refractivity contribution in [3.63, 3.8) is 0 Å². The Balaban J connectivity index is 2.22. The molecule has 0 aliphatic heterocycles. The second kappa shape index (κ2) is 6.95. The van der Waals surface area contributed by atoms with E-state index in [0.29, 0.717) is 17.0 Å². The molecule has 2 N–H and O–H groups in total. The monoisotopic (exact) mass is 317 g/mol. The minimum atomic E-state index is -0.938. The van der Waals surface area contributed by atoms with E-state index in [1.807, 2.05) is 12.1 Å². The van der Waals surface area contributed by atoms with Crippen LogP contribution in [-0.4, -0.2) is 52.8 Å². The molecule has 0 saturated heterocycles. The van der Waals surface area contributed by atoms with Gasteiger partial charge >= 0.3 is 5.97 Å². The van der Waals surface area contributed by atoms with Crippen LogP contribution in [-0.2, 0) is 4.79 Å². The molecule has 1 atom stereocenters. The van der Waals surface area contributed by atoms with Crippen LogP contribution in [0.15, 0.2) is 30.5 Å². The van der Waals surface area contributed by atoms with E-state index in [4.69, 9.17) is 9.84 Å². The van der Waals surface area contributed by atoms with E-state index in [2.05, 4.69) is 10.2 Å². The highest BCUT2D eigenvalue weighted by atomic mass is 16.5. The van der Waals surface area contributed by atoms with E-state index in [9.17, 15) is 9.59 Å². The van der Waals surface area contributed by atoms with Crippen molar-refractivity contribution in [3.8, 4) is 17.0 Å². The molecule has 23 heavy (non-hydrogen) atoms. The summed E-state index contributed by atoms with van der Waals surface area (Å²) in [6.45, 7) is 1.69. The number of rotatable bonds is 6. The maximum absolute atomic E-state index is 12.5. The number of carbonyl (C=O) groups is 2. The molecule has 0 fully saturated rings. The van der Waals surface area contributed by atoms with Crippen molar-refractivity contribution in [2.24, 2.45) is 5.92 Å². The average molecular weight is 317 g/mol. The zero-order valence-electron chi connectivity index (χ0n) is 13.2. The molecule has 2 aromatic rings. The summed E-state index contributed by atoms with van der Waals surface area (Å²) in [6, 6.07) is 7.23. The van der Waals surface area contributed by atoms with Crippen LogP contribution in [0, 0.1) is 5.92 Å². The summed E-state index contributed by atoms with van der Waals surface area (Å²) in [5.41, 5.74) is 1.79. The van der Waals surface area contributed by atoms with Crippen molar-refractivity contribution in [2.45, 2.75) is 6.92 Å². The van der Waals surface area contributed by atoms with E-state index in [-0.39, 0.29) is 12.5 Å². The molecule has 7 nitrogen and oxygen atoms in total. The number of ether oxygens (including phenoxy) is 1. The maximum Gasteiger partial charge on any atom is 0.308 e. The lowest BCUT2D eigenvalue weighted by atomic mass is 10.1. The molecular formula is C16H19N3O4. The van der Waals surface area contributed by atoms with Crippen molar-refractivity contribution >= 4 is 11.9 Å². The van der Waals surface area contributed by atoms with E-state index in [1.165, 1.54) is 11.1 Å². The molecule has 122 valence electrons. The molecule has 0 radical (unpaired) electrons. The number of nitrogens with zero attached hydrogens (tertiary/aromatic N) is 2. The van der Waals surface area contributed by atoms with Crippen LogP contribution in [0.2, 0.25) is 0 Å². The van der Waals surface area contributed by atoms with Gasteiger partial charge in [-0.2, -0.15) is 5.10 Å². The molecule has 1 aromatic heterocycles. The molecule has 0 saturated carbocycles. The molecule has 1 amide bonds. The van der Waals surface area contributed by atoms with Crippen molar-refractivity contribution in [2.75, 3.05) is 20.7 Å². The van der Waals surface area contributed by atoms with Crippen molar-refractivity contribution in [3.05, 3.63) is 36.0 Å². The summed E-state index contributed by atoms with van der Waals surface area (Å²) >= 11 is 0. The number of benzene rings is 1. The van der Waals surface area contributed by atoms with Gasteiger partial charge < -0.3 is 14.7 Å². The zero-order valence-corrected chi connectivity index (χ0v) is 13.2. The van der Waals surface area contributed by atoms with Crippen LogP contribution in [0.5, 0.6) is 5.75 Å². The molecular weight excluding hydrogens is 298 g/mol. The second-order valence-electron chi connectivity index (χ2n) is 5.31. The number of amides is 1. The number of carboxylic acids is 1. The number of H-pyrrole nitrogens is 1. The molecule has 2 rings (SSSR count). The Morgan fingerprint density at radius 2 is 2.00 bits per heavy atom. The molecule has 7 heteroatoms. The Bertz CT molecular complexity index is 694. The predicted molar refractivity (Wildman–Crippen MR) is 84.3 cm³/mol. The fourth-order valence-electron chi connectivity index (χ4n) is 2.20. The summed E-state index contributed by atoms with van der Waals surface area (Å²) in [7, 11) is 3.16. The highest BCUT2D eigenvalue weighted by Crippen LogP contribution is 2.24. The lowest BCUT2D eigenvalue weighted by Crippen LogP contribution is -2.33. The summed E-state index contributed by atoms with van der Waals surface area (Å²) < 4.78 is 5.11. The Morgan fingerprint density at radius 3 is 2.57 bits per heavy atom. The fraction of sp³-hybridized carbons (Fsp3) is 0.312. The van der Waals surface area contributed by atoms with Gasteiger partial charge in [-0.3, -0.25) is 14.7 Å². The first kappa shape index (κ1) is 16.5. The number of aliphatic carboxylic acids is 1. The topological polar surface area (TPSA) is 95.5 Å². The molecule has 0 bridgehead atoms.